The number of carbonyl (C=O) groups is 2. The van der Waals surface area contributed by atoms with E-state index in [1.807, 2.05) is 11.0 Å². The van der Waals surface area contributed by atoms with Crippen LogP contribution >= 0.6 is 11.8 Å². The molecule has 0 radical (unpaired) electrons. The van der Waals surface area contributed by atoms with E-state index < -0.39 is 5.82 Å². The van der Waals surface area contributed by atoms with Gasteiger partial charge in [-0.05, 0) is 37.1 Å². The molecule has 0 N–H and O–H groups in total. The highest BCUT2D eigenvalue weighted by Gasteiger charge is 2.21. The van der Waals surface area contributed by atoms with E-state index in [0.717, 1.165) is 19.6 Å². The van der Waals surface area contributed by atoms with Crippen LogP contribution in [-0.4, -0.2) is 53.4 Å². The Morgan fingerprint density at radius 2 is 1.79 bits per heavy atom. The van der Waals surface area contributed by atoms with Crippen LogP contribution in [0.5, 0.6) is 0 Å². The highest BCUT2D eigenvalue weighted by Crippen LogP contribution is 2.23. The minimum absolute atomic E-state index is 0.0237. The molecule has 4 nitrogen and oxygen atoms in total. The molecule has 2 aromatic carbocycles. The highest BCUT2D eigenvalue weighted by atomic mass is 32.2. The van der Waals surface area contributed by atoms with Crippen molar-refractivity contribution >= 4 is 23.5 Å². The van der Waals surface area contributed by atoms with Crippen LogP contribution in [-0.2, 0) is 11.3 Å². The smallest absolute Gasteiger partial charge is 0.233 e. The molecule has 0 unspecified atom stereocenters. The molecule has 0 bridgehead atoms. The van der Waals surface area contributed by atoms with Crippen LogP contribution in [0.15, 0.2) is 47.4 Å². The van der Waals surface area contributed by atoms with Crippen molar-refractivity contribution in [3.05, 3.63) is 65.0 Å². The van der Waals surface area contributed by atoms with Crippen LogP contribution in [0.4, 0.5) is 4.39 Å². The number of halogens is 1. The third-order valence-electron chi connectivity index (χ3n) is 5.07. The Morgan fingerprint density at radius 1 is 1.07 bits per heavy atom. The molecule has 3 rings (SSSR count). The van der Waals surface area contributed by atoms with Gasteiger partial charge in [-0.25, -0.2) is 4.39 Å². The number of rotatable bonds is 6. The fourth-order valence-corrected chi connectivity index (χ4v) is 4.07. The number of thioether (sulfide) groups is 1. The van der Waals surface area contributed by atoms with Crippen molar-refractivity contribution in [2.24, 2.45) is 0 Å². The molecule has 1 amide bonds. The van der Waals surface area contributed by atoms with Gasteiger partial charge < -0.3 is 4.90 Å². The number of piperazine rings is 1. The highest BCUT2D eigenvalue weighted by molar-refractivity contribution is 8.00. The first-order valence-electron chi connectivity index (χ1n) is 9.42. The molecular formula is C22H25FN2O2S. The van der Waals surface area contributed by atoms with Crippen molar-refractivity contribution in [2.75, 3.05) is 31.9 Å². The molecule has 1 aliphatic rings. The van der Waals surface area contributed by atoms with Gasteiger partial charge in [-0.1, -0.05) is 30.3 Å². The predicted octanol–water partition coefficient (Wildman–Crippen LogP) is 3.77. The Morgan fingerprint density at radius 3 is 2.43 bits per heavy atom. The standard InChI is InChI=1S/C22H25FN2O2S/c1-16-5-3-4-6-19(16)14-24-9-11-25(12-10-24)22(27)15-28-21-8-7-18(17(2)26)13-20(21)23/h3-8,13H,9-12,14-15H2,1-2H3. The summed E-state index contributed by atoms with van der Waals surface area (Å²) >= 11 is 1.18. The lowest BCUT2D eigenvalue weighted by Crippen LogP contribution is -2.48. The summed E-state index contributed by atoms with van der Waals surface area (Å²) in [6, 6.07) is 12.8. The number of benzene rings is 2. The van der Waals surface area contributed by atoms with Crippen LogP contribution in [0.1, 0.15) is 28.4 Å². The summed E-state index contributed by atoms with van der Waals surface area (Å²) in [5.41, 5.74) is 2.95. The van der Waals surface area contributed by atoms with Gasteiger partial charge in [0.15, 0.2) is 5.78 Å². The van der Waals surface area contributed by atoms with E-state index in [9.17, 15) is 14.0 Å². The van der Waals surface area contributed by atoms with Gasteiger partial charge in [0.05, 0.1) is 5.75 Å². The Balaban J connectivity index is 1.48. The maximum atomic E-state index is 14.1. The van der Waals surface area contributed by atoms with Gasteiger partial charge in [0, 0.05) is 43.2 Å². The van der Waals surface area contributed by atoms with Crippen molar-refractivity contribution in [3.63, 3.8) is 0 Å². The molecule has 0 saturated carbocycles. The van der Waals surface area contributed by atoms with Gasteiger partial charge >= 0.3 is 0 Å². The van der Waals surface area contributed by atoms with Crippen LogP contribution in [0, 0.1) is 12.7 Å². The molecule has 1 fully saturated rings. The van der Waals surface area contributed by atoms with Gasteiger partial charge in [0.25, 0.3) is 0 Å². The normalized spacial score (nSPS) is 14.9. The van der Waals surface area contributed by atoms with Crippen LogP contribution in [0.25, 0.3) is 0 Å². The zero-order valence-electron chi connectivity index (χ0n) is 16.3. The Bertz CT molecular complexity index is 863. The molecule has 0 aliphatic carbocycles. The van der Waals surface area contributed by atoms with E-state index >= 15 is 0 Å². The first-order chi connectivity index (χ1) is 13.4. The largest absolute Gasteiger partial charge is 0.339 e. The summed E-state index contributed by atoms with van der Waals surface area (Å²) in [5, 5.41) is 0. The average molecular weight is 401 g/mol. The van der Waals surface area contributed by atoms with Crippen molar-refractivity contribution in [3.8, 4) is 0 Å². The lowest BCUT2D eigenvalue weighted by molar-refractivity contribution is -0.130. The maximum Gasteiger partial charge on any atom is 0.233 e. The fraction of sp³-hybridized carbons (Fsp3) is 0.364. The molecule has 1 aliphatic heterocycles. The number of aryl methyl sites for hydroxylation is 1. The van der Waals surface area contributed by atoms with E-state index in [4.69, 9.17) is 0 Å². The van der Waals surface area contributed by atoms with Crippen molar-refractivity contribution in [1.29, 1.82) is 0 Å². The third kappa shape index (κ3) is 5.20. The van der Waals surface area contributed by atoms with Crippen molar-refractivity contribution in [2.45, 2.75) is 25.3 Å². The molecule has 2 aromatic rings. The second-order valence-corrected chi connectivity index (χ2v) is 8.09. The van der Waals surface area contributed by atoms with Gasteiger partial charge in [-0.3, -0.25) is 14.5 Å². The van der Waals surface area contributed by atoms with Gasteiger partial charge in [0.1, 0.15) is 5.82 Å². The van der Waals surface area contributed by atoms with Crippen LogP contribution < -0.4 is 0 Å². The number of nitrogens with zero attached hydrogens (tertiary/aromatic N) is 2. The molecule has 1 saturated heterocycles. The van der Waals surface area contributed by atoms with Gasteiger partial charge in [-0.15, -0.1) is 11.8 Å². The minimum Gasteiger partial charge on any atom is -0.339 e. The number of carbonyl (C=O) groups excluding carboxylic acids is 2. The Kier molecular flexibility index (Phi) is 6.86. The van der Waals surface area contributed by atoms with Crippen molar-refractivity contribution < 1.29 is 14.0 Å². The lowest BCUT2D eigenvalue weighted by Gasteiger charge is -2.35. The van der Waals surface area contributed by atoms with Crippen molar-refractivity contribution in [1.82, 2.24) is 9.80 Å². The number of hydrogen-bond acceptors (Lipinski definition) is 4. The molecule has 148 valence electrons. The molecule has 1 heterocycles. The van der Waals surface area contributed by atoms with E-state index in [1.165, 1.54) is 35.9 Å². The van der Waals surface area contributed by atoms with Crippen LogP contribution in [0.2, 0.25) is 0 Å². The molecule has 0 spiro atoms. The van der Waals surface area contributed by atoms with E-state index in [1.54, 1.807) is 12.1 Å². The second kappa shape index (κ2) is 9.34. The molecule has 6 heteroatoms. The van der Waals surface area contributed by atoms with E-state index in [0.29, 0.717) is 23.5 Å². The van der Waals surface area contributed by atoms with E-state index in [2.05, 4.69) is 30.0 Å². The third-order valence-corrected chi connectivity index (χ3v) is 6.10. The van der Waals surface area contributed by atoms with E-state index in [-0.39, 0.29) is 17.4 Å². The second-order valence-electron chi connectivity index (χ2n) is 7.07. The zero-order valence-corrected chi connectivity index (χ0v) is 17.1. The molecule has 0 atom stereocenters. The predicted molar refractivity (Wildman–Crippen MR) is 110 cm³/mol. The summed E-state index contributed by atoms with van der Waals surface area (Å²) < 4.78 is 14.1. The van der Waals surface area contributed by atoms with Gasteiger partial charge in [0.2, 0.25) is 5.91 Å². The minimum atomic E-state index is -0.450. The summed E-state index contributed by atoms with van der Waals surface area (Å²) in [4.78, 5) is 28.4. The average Bonchev–Trinajstić information content (AvgIpc) is 2.69. The SMILES string of the molecule is CC(=O)c1ccc(SCC(=O)N2CCN(Cc3ccccc3C)CC2)c(F)c1. The number of amides is 1. The summed E-state index contributed by atoms with van der Waals surface area (Å²) in [5.74, 6) is -0.395. The zero-order chi connectivity index (χ0) is 20.1. The monoisotopic (exact) mass is 400 g/mol. The summed E-state index contributed by atoms with van der Waals surface area (Å²) in [6.07, 6.45) is 0. The van der Waals surface area contributed by atoms with Crippen LogP contribution in [0.3, 0.4) is 0 Å². The first kappa shape index (κ1) is 20.6. The number of hydrogen-bond donors (Lipinski definition) is 0. The van der Waals surface area contributed by atoms with Gasteiger partial charge in [-0.2, -0.15) is 0 Å². The quantitative estimate of drug-likeness (QED) is 0.547. The fourth-order valence-electron chi connectivity index (χ4n) is 3.25. The Labute approximate surface area is 169 Å². The molecular weight excluding hydrogens is 375 g/mol. The topological polar surface area (TPSA) is 40.6 Å². The summed E-state index contributed by atoms with van der Waals surface area (Å²) in [6.45, 7) is 7.49. The molecule has 0 aromatic heterocycles. The Hall–Kier alpha value is -2.18. The number of ketones is 1. The lowest BCUT2D eigenvalue weighted by atomic mass is 10.1. The maximum absolute atomic E-state index is 14.1. The summed E-state index contributed by atoms with van der Waals surface area (Å²) in [7, 11) is 0. The number of Topliss-reactive ketones (excluding diaryl/α,β-unsaturated/α-hetero) is 1. The molecule has 28 heavy (non-hydrogen) atoms. The first-order valence-corrected chi connectivity index (χ1v) is 10.4.